The van der Waals surface area contributed by atoms with Crippen LogP contribution in [0.2, 0.25) is 0 Å². The lowest BCUT2D eigenvalue weighted by atomic mass is 9.48. The number of amides is 2. The first-order chi connectivity index (χ1) is 19.6. The monoisotopic (exact) mass is 657 g/mol. The number of nitrogens with zero attached hydrogens (tertiary/aromatic N) is 2. The van der Waals surface area contributed by atoms with Crippen LogP contribution in [0.3, 0.4) is 0 Å². The molecule has 228 valence electrons. The number of benzene rings is 2. The van der Waals surface area contributed by atoms with E-state index in [4.69, 9.17) is 0 Å². The lowest BCUT2D eigenvalue weighted by Gasteiger charge is -2.57. The van der Waals surface area contributed by atoms with E-state index in [0.29, 0.717) is 5.69 Å². The van der Waals surface area contributed by atoms with E-state index in [2.05, 4.69) is 33.4 Å². The van der Waals surface area contributed by atoms with Crippen molar-refractivity contribution in [2.24, 2.45) is 17.8 Å². The molecule has 4 saturated carbocycles. The van der Waals surface area contributed by atoms with Crippen LogP contribution >= 0.6 is 15.9 Å². The fourth-order valence-corrected chi connectivity index (χ4v) is 9.02. The highest BCUT2D eigenvalue weighted by molar-refractivity contribution is 9.10. The van der Waals surface area contributed by atoms with Gasteiger partial charge in [-0.3, -0.25) is 13.9 Å². The van der Waals surface area contributed by atoms with Gasteiger partial charge < -0.3 is 10.2 Å². The van der Waals surface area contributed by atoms with Crippen molar-refractivity contribution < 1.29 is 18.0 Å². The zero-order valence-corrected chi connectivity index (χ0v) is 27.8. The Labute approximate surface area is 259 Å². The van der Waals surface area contributed by atoms with Gasteiger partial charge in [0.05, 0.1) is 11.9 Å². The predicted molar refractivity (Wildman–Crippen MR) is 171 cm³/mol. The molecule has 0 aromatic heterocycles. The minimum atomic E-state index is -3.78. The summed E-state index contributed by atoms with van der Waals surface area (Å²) in [5, 5.41) is 2.95. The normalized spacial score (nSPS) is 25.6. The van der Waals surface area contributed by atoms with E-state index in [-0.39, 0.29) is 24.4 Å². The van der Waals surface area contributed by atoms with Gasteiger partial charge in [0.25, 0.3) is 0 Å². The number of sulfonamides is 1. The quantitative estimate of drug-likeness (QED) is 0.358. The molecule has 0 unspecified atom stereocenters. The topological polar surface area (TPSA) is 86.8 Å². The molecule has 42 heavy (non-hydrogen) atoms. The third-order valence-corrected chi connectivity index (χ3v) is 11.1. The van der Waals surface area contributed by atoms with Gasteiger partial charge in [-0.2, -0.15) is 0 Å². The van der Waals surface area contributed by atoms with Crippen LogP contribution < -0.4 is 9.62 Å². The molecule has 2 aromatic carbocycles. The third-order valence-electron chi connectivity index (χ3n) is 9.42. The average Bonchev–Trinajstić information content (AvgIpc) is 2.88. The van der Waals surface area contributed by atoms with Gasteiger partial charge in [0, 0.05) is 16.6 Å². The minimum absolute atomic E-state index is 0.174. The molecular formula is C33H44BrN3O4S. The molecule has 4 aliphatic carbocycles. The van der Waals surface area contributed by atoms with Crippen LogP contribution in [0.4, 0.5) is 5.69 Å². The summed E-state index contributed by atoms with van der Waals surface area (Å²) in [7, 11) is -3.78. The smallest absolute Gasteiger partial charge is 0.244 e. The average molecular weight is 659 g/mol. The maximum atomic E-state index is 13.9. The van der Waals surface area contributed by atoms with Crippen LogP contribution in [0.15, 0.2) is 53.0 Å². The van der Waals surface area contributed by atoms with Crippen LogP contribution in [0.25, 0.3) is 0 Å². The van der Waals surface area contributed by atoms with E-state index in [1.165, 1.54) is 53.3 Å². The molecule has 0 aliphatic heterocycles. The molecule has 4 aliphatic rings. The molecular weight excluding hydrogens is 614 g/mol. The summed E-state index contributed by atoms with van der Waals surface area (Å²) in [5.74, 6) is 1.71. The summed E-state index contributed by atoms with van der Waals surface area (Å²) in [6.07, 6.45) is 8.91. The predicted octanol–water partition coefficient (Wildman–Crippen LogP) is 6.01. The summed E-state index contributed by atoms with van der Waals surface area (Å²) < 4.78 is 28.2. The van der Waals surface area contributed by atoms with Crippen molar-refractivity contribution >= 4 is 43.5 Å². The Morgan fingerprint density at radius 1 is 0.952 bits per heavy atom. The van der Waals surface area contributed by atoms with E-state index < -0.39 is 27.5 Å². The molecule has 4 bridgehead atoms. The van der Waals surface area contributed by atoms with Crippen molar-refractivity contribution in [1.82, 2.24) is 10.2 Å². The molecule has 0 radical (unpaired) electrons. The summed E-state index contributed by atoms with van der Waals surface area (Å²) in [4.78, 5) is 28.5. The summed E-state index contributed by atoms with van der Waals surface area (Å²) in [6.45, 7) is 7.13. The molecule has 7 nitrogen and oxygen atoms in total. The largest absolute Gasteiger partial charge is 0.350 e. The molecule has 6 rings (SSSR count). The van der Waals surface area contributed by atoms with Crippen molar-refractivity contribution in [1.29, 1.82) is 0 Å². The number of anilines is 1. The second kappa shape index (κ2) is 11.6. The Morgan fingerprint density at radius 3 is 1.95 bits per heavy atom. The number of halogens is 1. The van der Waals surface area contributed by atoms with Crippen molar-refractivity contribution in [2.75, 3.05) is 17.1 Å². The highest BCUT2D eigenvalue weighted by Crippen LogP contribution is 2.60. The SMILES string of the molecule is C[C@@H](C(=O)NC(C)(C)C)N(Cc1ccc(Br)cc1)C(=O)CN(c1ccc(C23CC4CC(CC(C4)C2)C3)cc1)S(C)(=O)=O. The number of carbonyl (C=O) groups is 2. The standard InChI is InChI=1S/C33H44BrN3O4S/c1-22(31(39)35-32(2,3)4)36(20-23-6-10-28(34)11-7-23)30(38)21-37(42(5,40)41)29-12-8-27(9-13-29)33-17-24-14-25(18-33)16-26(15-24)19-33/h6-13,22,24-26H,14-21H2,1-5H3,(H,35,39)/t22-,24?,25?,26?,33?/m0/s1. The molecule has 1 atom stereocenters. The molecule has 0 heterocycles. The maximum Gasteiger partial charge on any atom is 0.244 e. The number of hydrogen-bond acceptors (Lipinski definition) is 4. The van der Waals surface area contributed by atoms with Crippen molar-refractivity contribution in [2.45, 2.75) is 89.8 Å². The van der Waals surface area contributed by atoms with E-state index in [1.807, 2.05) is 57.2 Å². The molecule has 0 saturated heterocycles. The molecule has 2 amide bonds. The zero-order valence-electron chi connectivity index (χ0n) is 25.4. The van der Waals surface area contributed by atoms with Crippen LogP contribution in [-0.4, -0.2) is 49.5 Å². The Morgan fingerprint density at radius 2 is 1.48 bits per heavy atom. The Balaban J connectivity index is 1.39. The van der Waals surface area contributed by atoms with Gasteiger partial charge in [-0.15, -0.1) is 0 Å². The van der Waals surface area contributed by atoms with E-state index in [1.54, 1.807) is 6.92 Å². The van der Waals surface area contributed by atoms with Crippen LogP contribution in [-0.2, 0) is 31.6 Å². The van der Waals surface area contributed by atoms with Crippen LogP contribution in [0.1, 0.15) is 77.3 Å². The third kappa shape index (κ3) is 6.88. The van der Waals surface area contributed by atoms with Crippen molar-refractivity contribution in [3.05, 3.63) is 64.1 Å². The highest BCUT2D eigenvalue weighted by Gasteiger charge is 2.51. The van der Waals surface area contributed by atoms with Gasteiger partial charge >= 0.3 is 0 Å². The van der Waals surface area contributed by atoms with Crippen LogP contribution in [0.5, 0.6) is 0 Å². The maximum absolute atomic E-state index is 13.9. The molecule has 9 heteroatoms. The lowest BCUT2D eigenvalue weighted by Crippen LogP contribution is -2.54. The lowest BCUT2D eigenvalue weighted by molar-refractivity contribution is -0.140. The highest BCUT2D eigenvalue weighted by atomic mass is 79.9. The first-order valence-electron chi connectivity index (χ1n) is 15.1. The first-order valence-corrected chi connectivity index (χ1v) is 17.7. The van der Waals surface area contributed by atoms with E-state index >= 15 is 0 Å². The van der Waals surface area contributed by atoms with Crippen molar-refractivity contribution in [3.8, 4) is 0 Å². The second-order valence-electron chi connectivity index (χ2n) is 14.1. The molecule has 4 fully saturated rings. The minimum Gasteiger partial charge on any atom is -0.350 e. The van der Waals surface area contributed by atoms with Gasteiger partial charge in [-0.1, -0.05) is 40.2 Å². The second-order valence-corrected chi connectivity index (χ2v) is 16.9. The Bertz CT molecular complexity index is 1380. The van der Waals surface area contributed by atoms with E-state index in [9.17, 15) is 18.0 Å². The van der Waals surface area contributed by atoms with Crippen molar-refractivity contribution in [3.63, 3.8) is 0 Å². The Kier molecular flexibility index (Phi) is 8.58. The molecule has 0 spiro atoms. The number of rotatable bonds is 9. The van der Waals surface area contributed by atoms with E-state index in [0.717, 1.165) is 34.0 Å². The number of nitrogens with one attached hydrogen (secondary N) is 1. The first kappa shape index (κ1) is 31.0. The van der Waals surface area contributed by atoms with Gasteiger partial charge in [0.2, 0.25) is 21.8 Å². The zero-order chi connectivity index (χ0) is 30.4. The van der Waals surface area contributed by atoms with Gasteiger partial charge in [0.1, 0.15) is 12.6 Å². The summed E-state index contributed by atoms with van der Waals surface area (Å²) >= 11 is 3.44. The Hall–Kier alpha value is -2.39. The number of hydrogen-bond donors (Lipinski definition) is 1. The fraction of sp³-hybridized carbons (Fsp3) is 0.576. The van der Waals surface area contributed by atoms with Gasteiger partial charge in [0.15, 0.2) is 0 Å². The molecule has 1 N–H and O–H groups in total. The molecule has 2 aromatic rings. The summed E-state index contributed by atoms with van der Waals surface area (Å²) in [6, 6.07) is 14.6. The van der Waals surface area contributed by atoms with Gasteiger partial charge in [-0.05, 0) is 125 Å². The number of carbonyl (C=O) groups excluding carboxylic acids is 2. The van der Waals surface area contributed by atoms with Gasteiger partial charge in [-0.25, -0.2) is 8.42 Å². The fourth-order valence-electron chi connectivity index (χ4n) is 7.90. The van der Waals surface area contributed by atoms with Crippen LogP contribution in [0, 0.1) is 17.8 Å². The summed E-state index contributed by atoms with van der Waals surface area (Å²) in [5.41, 5.74) is 2.34.